The van der Waals surface area contributed by atoms with E-state index in [2.05, 4.69) is 26.6 Å². The second-order valence-electron chi connectivity index (χ2n) is 8.77. The minimum Gasteiger partial charge on any atom is -0.370 e. The molecule has 13 heteroatoms. The first-order valence-corrected chi connectivity index (χ1v) is 11.4. The lowest BCUT2D eigenvalue weighted by Gasteiger charge is -2.24. The van der Waals surface area contributed by atoms with E-state index < -0.39 is 72.6 Å². The van der Waals surface area contributed by atoms with Crippen molar-refractivity contribution in [1.82, 2.24) is 26.6 Å². The maximum Gasteiger partial charge on any atom is 0.243 e. The van der Waals surface area contributed by atoms with Gasteiger partial charge in [0.1, 0.15) is 24.2 Å². The minimum absolute atomic E-state index is 0.0468. The van der Waals surface area contributed by atoms with Crippen LogP contribution in [0.3, 0.4) is 0 Å². The smallest absolute Gasteiger partial charge is 0.243 e. The van der Waals surface area contributed by atoms with Crippen LogP contribution < -0.4 is 38.1 Å². The van der Waals surface area contributed by atoms with E-state index >= 15 is 0 Å². The summed E-state index contributed by atoms with van der Waals surface area (Å²) in [6.45, 7) is 5.09. The van der Waals surface area contributed by atoms with Crippen molar-refractivity contribution in [2.45, 2.75) is 77.0 Å². The van der Waals surface area contributed by atoms with Gasteiger partial charge in [-0.05, 0) is 45.1 Å². The van der Waals surface area contributed by atoms with Gasteiger partial charge in [-0.15, -0.1) is 0 Å². The molecule has 0 saturated carbocycles. The van der Waals surface area contributed by atoms with Crippen LogP contribution in [-0.4, -0.2) is 72.7 Å². The number of primary amides is 1. The zero-order valence-corrected chi connectivity index (χ0v) is 19.9. The van der Waals surface area contributed by atoms with Gasteiger partial charge in [0.25, 0.3) is 0 Å². The topological polar surface area (TPSA) is 215 Å². The quantitative estimate of drug-likeness (QED) is 0.179. The fourth-order valence-corrected chi connectivity index (χ4v) is 3.36. The van der Waals surface area contributed by atoms with Crippen LogP contribution in [0.5, 0.6) is 0 Å². The van der Waals surface area contributed by atoms with Crippen molar-refractivity contribution in [2.24, 2.45) is 17.4 Å². The molecule has 1 saturated heterocycles. The van der Waals surface area contributed by atoms with E-state index in [0.717, 1.165) is 0 Å². The summed E-state index contributed by atoms with van der Waals surface area (Å²) in [4.78, 5) is 74.8. The average Bonchev–Trinajstić information content (AvgIpc) is 2.74. The third-order valence-electron chi connectivity index (χ3n) is 5.15. The molecule has 13 nitrogen and oxygen atoms in total. The number of hydrogen-bond donors (Lipinski definition) is 7. The molecule has 0 aliphatic carbocycles. The van der Waals surface area contributed by atoms with Crippen LogP contribution in [0.2, 0.25) is 0 Å². The Morgan fingerprint density at radius 1 is 0.882 bits per heavy atom. The molecule has 0 aromatic rings. The second kappa shape index (κ2) is 14.1. The van der Waals surface area contributed by atoms with Crippen molar-refractivity contribution < 1.29 is 28.8 Å². The predicted octanol–water partition coefficient (Wildman–Crippen LogP) is -2.87. The lowest BCUT2D eigenvalue weighted by Crippen LogP contribution is -2.57. The monoisotopic (exact) mass is 483 g/mol. The third-order valence-corrected chi connectivity index (χ3v) is 5.15. The summed E-state index contributed by atoms with van der Waals surface area (Å²) in [6.07, 6.45) is 1.12. The molecule has 6 amide bonds. The molecular weight excluding hydrogens is 446 g/mol. The number of nitrogens with two attached hydrogens (primary N) is 2. The molecule has 0 spiro atoms. The highest BCUT2D eigenvalue weighted by Gasteiger charge is 2.31. The van der Waals surface area contributed by atoms with Gasteiger partial charge in [-0.3, -0.25) is 28.8 Å². The maximum atomic E-state index is 12.9. The summed E-state index contributed by atoms with van der Waals surface area (Å²) in [5.41, 5.74) is 10.7. The van der Waals surface area contributed by atoms with Crippen molar-refractivity contribution in [1.29, 1.82) is 0 Å². The highest BCUT2D eigenvalue weighted by molar-refractivity contribution is 5.98. The Morgan fingerprint density at radius 3 is 2.09 bits per heavy atom. The van der Waals surface area contributed by atoms with E-state index in [4.69, 9.17) is 11.5 Å². The van der Waals surface area contributed by atoms with Crippen LogP contribution in [-0.2, 0) is 28.8 Å². The van der Waals surface area contributed by atoms with Crippen molar-refractivity contribution in [3.8, 4) is 0 Å². The molecule has 9 N–H and O–H groups in total. The summed E-state index contributed by atoms with van der Waals surface area (Å²) in [5.74, 6) is -4.14. The van der Waals surface area contributed by atoms with Crippen molar-refractivity contribution >= 4 is 35.4 Å². The van der Waals surface area contributed by atoms with Gasteiger partial charge in [-0.2, -0.15) is 0 Å². The average molecular weight is 484 g/mol. The number of carbonyl (C=O) groups is 6. The van der Waals surface area contributed by atoms with Crippen LogP contribution in [0.15, 0.2) is 0 Å². The maximum absolute atomic E-state index is 12.9. The van der Waals surface area contributed by atoms with Crippen molar-refractivity contribution in [3.05, 3.63) is 0 Å². The van der Waals surface area contributed by atoms with Crippen molar-refractivity contribution in [2.75, 3.05) is 13.1 Å². The van der Waals surface area contributed by atoms with E-state index in [9.17, 15) is 28.8 Å². The molecule has 0 aromatic heterocycles. The largest absolute Gasteiger partial charge is 0.370 e. The normalized spacial score (nSPS) is 25.3. The zero-order chi connectivity index (χ0) is 25.8. The van der Waals surface area contributed by atoms with Gasteiger partial charge in [0.05, 0.1) is 13.0 Å². The SMILES string of the molecule is CC(C)C[C@@H]1NC(=O)[C@H](C)NC(=O)[C@H](CCCCN)NC(=O)[C@H](CC(N)=O)NC(=O)CNC1=O. The number of hydrogen-bond acceptors (Lipinski definition) is 7. The summed E-state index contributed by atoms with van der Waals surface area (Å²) in [6, 6.07) is -4.33. The van der Waals surface area contributed by atoms with E-state index in [-0.39, 0.29) is 12.3 Å². The van der Waals surface area contributed by atoms with Gasteiger partial charge in [0.2, 0.25) is 35.4 Å². The van der Waals surface area contributed by atoms with Gasteiger partial charge in [-0.1, -0.05) is 13.8 Å². The Labute approximate surface area is 198 Å². The van der Waals surface area contributed by atoms with E-state index in [1.165, 1.54) is 6.92 Å². The first-order valence-electron chi connectivity index (χ1n) is 11.4. The van der Waals surface area contributed by atoms with Gasteiger partial charge < -0.3 is 38.1 Å². The molecule has 1 fully saturated rings. The molecule has 0 aromatic carbocycles. The van der Waals surface area contributed by atoms with E-state index in [0.29, 0.717) is 25.8 Å². The molecule has 4 atom stereocenters. The summed E-state index contributed by atoms with van der Waals surface area (Å²) < 4.78 is 0. The van der Waals surface area contributed by atoms with Crippen LogP contribution in [0, 0.1) is 5.92 Å². The van der Waals surface area contributed by atoms with E-state index in [1.807, 2.05) is 13.8 Å². The molecular formula is C21H37N7O6. The standard InChI is InChI=1S/C21H37N7O6/c1-11(2)8-14-19(32)24-10-17(30)26-15(9-16(23)29)21(34)27-13(6-4-5-7-22)20(33)25-12(3)18(31)28-14/h11-15H,4-10,22H2,1-3H3,(H2,23,29)(H,24,32)(H,25,33)(H,26,30)(H,27,34)(H,28,31)/t12-,13-,14-,15-/m0/s1. The summed E-state index contributed by atoms with van der Waals surface area (Å²) in [5, 5.41) is 12.4. The van der Waals surface area contributed by atoms with Gasteiger partial charge in [0.15, 0.2) is 0 Å². The number of rotatable bonds is 8. The van der Waals surface area contributed by atoms with Crippen LogP contribution >= 0.6 is 0 Å². The fraction of sp³-hybridized carbons (Fsp3) is 0.714. The summed E-state index contributed by atoms with van der Waals surface area (Å²) in [7, 11) is 0. The van der Waals surface area contributed by atoms with Crippen LogP contribution in [0.25, 0.3) is 0 Å². The molecule has 34 heavy (non-hydrogen) atoms. The van der Waals surface area contributed by atoms with Gasteiger partial charge >= 0.3 is 0 Å². The number of nitrogens with one attached hydrogen (secondary N) is 5. The molecule has 0 unspecified atom stereocenters. The number of carbonyl (C=O) groups excluding carboxylic acids is 6. The molecule has 1 rings (SSSR count). The highest BCUT2D eigenvalue weighted by atomic mass is 16.2. The predicted molar refractivity (Wildman–Crippen MR) is 123 cm³/mol. The zero-order valence-electron chi connectivity index (χ0n) is 19.9. The Morgan fingerprint density at radius 2 is 1.50 bits per heavy atom. The number of unbranched alkanes of at least 4 members (excludes halogenated alkanes) is 1. The van der Waals surface area contributed by atoms with Gasteiger partial charge in [-0.25, -0.2) is 0 Å². The van der Waals surface area contributed by atoms with E-state index in [1.54, 1.807) is 0 Å². The van der Waals surface area contributed by atoms with Crippen LogP contribution in [0.1, 0.15) is 52.9 Å². The first-order chi connectivity index (χ1) is 15.9. The third kappa shape index (κ3) is 10.1. The lowest BCUT2D eigenvalue weighted by molar-refractivity contribution is -0.134. The molecule has 0 bridgehead atoms. The molecule has 1 aliphatic heterocycles. The second-order valence-corrected chi connectivity index (χ2v) is 8.77. The Hall–Kier alpha value is -3.22. The first kappa shape index (κ1) is 28.8. The lowest BCUT2D eigenvalue weighted by atomic mass is 10.0. The number of amides is 6. The fourth-order valence-electron chi connectivity index (χ4n) is 3.36. The van der Waals surface area contributed by atoms with Crippen molar-refractivity contribution in [3.63, 3.8) is 0 Å². The van der Waals surface area contributed by atoms with Gasteiger partial charge in [0, 0.05) is 0 Å². The molecule has 1 heterocycles. The Balaban J connectivity index is 3.23. The summed E-state index contributed by atoms with van der Waals surface area (Å²) >= 11 is 0. The minimum atomic E-state index is -1.35. The Bertz CT molecular complexity index is 773. The Kier molecular flexibility index (Phi) is 12.0. The molecule has 1 aliphatic rings. The highest BCUT2D eigenvalue weighted by Crippen LogP contribution is 2.07. The van der Waals surface area contributed by atoms with Crippen LogP contribution in [0.4, 0.5) is 0 Å². The molecule has 0 radical (unpaired) electrons. The molecule has 192 valence electrons.